The quantitative estimate of drug-likeness (QED) is 0.0827. The largest absolute Gasteiger partial charge is 0.573 e. The second-order valence-corrected chi connectivity index (χ2v) is 18.0. The Morgan fingerprint density at radius 3 is 2.08 bits per heavy atom. The first kappa shape index (κ1) is 45.7. The number of β-lactam (4-membered cyclic amide) rings is 1. The van der Waals surface area contributed by atoms with E-state index in [0.29, 0.717) is 10.5 Å². The molecule has 0 aliphatic carbocycles. The number of likely N-dealkylation sites (tertiary alicyclic amines) is 1. The summed E-state index contributed by atoms with van der Waals surface area (Å²) in [5, 5.41) is 21.0. The van der Waals surface area contributed by atoms with Crippen LogP contribution in [-0.4, -0.2) is 102 Å². The molecule has 3 heterocycles. The van der Waals surface area contributed by atoms with E-state index in [0.717, 1.165) is 33.7 Å². The third-order valence-corrected chi connectivity index (χ3v) is 11.2. The number of esters is 1. The summed E-state index contributed by atoms with van der Waals surface area (Å²) >= 11 is 1.14. The van der Waals surface area contributed by atoms with E-state index >= 15 is 0 Å². The minimum atomic E-state index is -4.95. The lowest BCUT2D eigenvalue weighted by Crippen LogP contribution is -2.63. The predicted octanol–water partition coefficient (Wildman–Crippen LogP) is 6.68. The Morgan fingerprint density at radius 1 is 0.967 bits per heavy atom. The fourth-order valence-electron chi connectivity index (χ4n) is 7.13. The SMILES string of the molecule is CC(O)[C@H]1C(=O)N2C(C(=O)OCc3ccc([N+](=O)[O-])cc3)=C(S[C@H]3CC(C(=O)N(Cc4ccc(OC(F)(F)F)cc4)C(=O)OC(C)(C)C)N(C(=O)OC(C)(C)C)C3)[C@H](C)[C@H]12. The highest BCUT2D eigenvalue weighted by atomic mass is 32.2. The van der Waals surface area contributed by atoms with E-state index in [1.807, 2.05) is 0 Å². The topological polar surface area (TPSA) is 195 Å². The molecule has 0 saturated carbocycles. The highest BCUT2D eigenvalue weighted by Gasteiger charge is 2.61. The van der Waals surface area contributed by atoms with Gasteiger partial charge in [-0.1, -0.05) is 19.1 Å². The molecule has 6 atom stereocenters. The fourth-order valence-corrected chi connectivity index (χ4v) is 8.65. The van der Waals surface area contributed by atoms with Crippen LogP contribution in [0.2, 0.25) is 0 Å². The highest BCUT2D eigenvalue weighted by molar-refractivity contribution is 8.03. The zero-order chi connectivity index (χ0) is 44.6. The van der Waals surface area contributed by atoms with Crippen LogP contribution < -0.4 is 4.74 Å². The number of imide groups is 1. The van der Waals surface area contributed by atoms with Crippen LogP contribution in [0.15, 0.2) is 59.1 Å². The minimum absolute atomic E-state index is 0.0757. The average Bonchev–Trinajstić information content (AvgIpc) is 3.65. The maximum Gasteiger partial charge on any atom is 0.573 e. The fraction of sp³-hybridized carbons (Fsp3) is 0.525. The van der Waals surface area contributed by atoms with Crippen LogP contribution in [-0.2, 0) is 41.7 Å². The first-order valence-corrected chi connectivity index (χ1v) is 19.8. The smallest absolute Gasteiger partial charge is 0.456 e. The molecule has 1 N–H and O–H groups in total. The van der Waals surface area contributed by atoms with Crippen LogP contribution >= 0.6 is 11.8 Å². The van der Waals surface area contributed by atoms with E-state index in [1.165, 1.54) is 48.2 Å². The van der Waals surface area contributed by atoms with Gasteiger partial charge in [0.1, 0.15) is 35.3 Å². The molecule has 20 heteroatoms. The summed E-state index contributed by atoms with van der Waals surface area (Å²) in [5.41, 5.74) is -1.65. The van der Waals surface area contributed by atoms with Gasteiger partial charge in [0.25, 0.3) is 11.6 Å². The Morgan fingerprint density at radius 2 is 1.55 bits per heavy atom. The summed E-state index contributed by atoms with van der Waals surface area (Å²) in [6.07, 6.45) is -8.05. The Balaban J connectivity index is 1.47. The van der Waals surface area contributed by atoms with E-state index in [4.69, 9.17) is 14.2 Å². The van der Waals surface area contributed by atoms with Crippen LogP contribution in [0, 0.1) is 22.0 Å². The summed E-state index contributed by atoms with van der Waals surface area (Å²) in [6, 6.07) is 7.94. The number of amides is 4. The molecular formula is C40H47F3N4O12S. The van der Waals surface area contributed by atoms with Gasteiger partial charge in [-0.25, -0.2) is 19.3 Å². The van der Waals surface area contributed by atoms with Crippen molar-refractivity contribution in [2.75, 3.05) is 6.54 Å². The molecule has 0 radical (unpaired) electrons. The van der Waals surface area contributed by atoms with Gasteiger partial charge in [-0.2, -0.15) is 0 Å². The van der Waals surface area contributed by atoms with Crippen molar-refractivity contribution in [1.82, 2.24) is 14.7 Å². The highest BCUT2D eigenvalue weighted by Crippen LogP contribution is 2.52. The normalized spacial score (nSPS) is 22.1. The molecule has 2 unspecified atom stereocenters. The van der Waals surface area contributed by atoms with Gasteiger partial charge in [-0.05, 0) is 90.3 Å². The molecular weight excluding hydrogens is 818 g/mol. The summed E-state index contributed by atoms with van der Waals surface area (Å²) < 4.78 is 59.3. The van der Waals surface area contributed by atoms with Gasteiger partial charge in [0.2, 0.25) is 5.91 Å². The summed E-state index contributed by atoms with van der Waals surface area (Å²) in [7, 11) is 0. The van der Waals surface area contributed by atoms with Gasteiger partial charge >= 0.3 is 24.5 Å². The molecule has 16 nitrogen and oxygen atoms in total. The van der Waals surface area contributed by atoms with Crippen molar-refractivity contribution in [3.63, 3.8) is 0 Å². The maximum absolute atomic E-state index is 14.6. The minimum Gasteiger partial charge on any atom is -0.456 e. The van der Waals surface area contributed by atoms with Crippen molar-refractivity contribution in [3.05, 3.63) is 80.4 Å². The Kier molecular flexibility index (Phi) is 13.2. The van der Waals surface area contributed by atoms with E-state index < -0.39 is 100 Å². The van der Waals surface area contributed by atoms with Crippen molar-refractivity contribution in [1.29, 1.82) is 0 Å². The Bertz CT molecular complexity index is 2030. The molecule has 326 valence electrons. The molecule has 2 aromatic carbocycles. The first-order chi connectivity index (χ1) is 27.7. The molecule has 3 aliphatic heterocycles. The third-order valence-electron chi connectivity index (χ3n) is 9.67. The number of fused-ring (bicyclic) bond motifs is 1. The van der Waals surface area contributed by atoms with Gasteiger partial charge < -0.3 is 29.0 Å². The number of hydrogen-bond donors (Lipinski definition) is 1. The lowest BCUT2D eigenvalue weighted by Gasteiger charge is -2.46. The number of nitro groups is 1. The number of nitro benzene ring substituents is 1. The van der Waals surface area contributed by atoms with E-state index in [-0.39, 0.29) is 36.5 Å². The lowest BCUT2D eigenvalue weighted by atomic mass is 9.79. The van der Waals surface area contributed by atoms with Crippen molar-refractivity contribution in [2.24, 2.45) is 11.8 Å². The van der Waals surface area contributed by atoms with Gasteiger partial charge in [-0.3, -0.25) is 24.6 Å². The number of rotatable bonds is 11. The Hall–Kier alpha value is -5.37. The van der Waals surface area contributed by atoms with Crippen LogP contribution in [0.4, 0.5) is 28.4 Å². The van der Waals surface area contributed by atoms with E-state index in [2.05, 4.69) is 4.74 Å². The van der Waals surface area contributed by atoms with Gasteiger partial charge in [0, 0.05) is 34.8 Å². The van der Waals surface area contributed by atoms with Crippen molar-refractivity contribution in [3.8, 4) is 5.75 Å². The van der Waals surface area contributed by atoms with Crippen LogP contribution in [0.1, 0.15) is 72.9 Å². The second kappa shape index (κ2) is 17.3. The first-order valence-electron chi connectivity index (χ1n) is 19.0. The predicted molar refractivity (Wildman–Crippen MR) is 208 cm³/mol. The van der Waals surface area contributed by atoms with Crippen molar-refractivity contribution < 1.29 is 66.1 Å². The zero-order valence-electron chi connectivity index (χ0n) is 34.2. The zero-order valence-corrected chi connectivity index (χ0v) is 35.0. The molecule has 2 aromatic rings. The monoisotopic (exact) mass is 864 g/mol. The molecule has 3 aliphatic rings. The van der Waals surface area contributed by atoms with Gasteiger partial charge in [0.05, 0.1) is 29.5 Å². The number of carbonyl (C=O) groups is 5. The van der Waals surface area contributed by atoms with Crippen LogP contribution in [0.25, 0.3) is 0 Å². The Labute approximate surface area is 348 Å². The summed E-state index contributed by atoms with van der Waals surface area (Å²) in [6.45, 7) is 12.0. The molecule has 0 aromatic heterocycles. The molecule has 4 amide bonds. The van der Waals surface area contributed by atoms with Crippen LogP contribution in [0.3, 0.4) is 0 Å². The number of hydrogen-bond acceptors (Lipinski definition) is 13. The summed E-state index contributed by atoms with van der Waals surface area (Å²) in [5.74, 6) is -4.12. The van der Waals surface area contributed by atoms with E-state index in [1.54, 1.807) is 48.5 Å². The molecule has 0 bridgehead atoms. The number of non-ortho nitro benzene ring substituents is 1. The number of carbonyl (C=O) groups excluding carboxylic acids is 5. The number of alkyl halides is 3. The standard InChI is InChI=1S/C40H47F3N4O12S/c1-21-30-29(22(2)48)34(50)46(30)31(35(51)56-20-24-9-13-25(14-10-24)47(54)55)32(21)60-27-17-28(44(19-27)36(52)58-38(3,4)5)33(49)45(37(53)59-39(6,7)8)18-23-11-15-26(16-12-23)57-40(41,42)43/h9-16,21-22,27-30,48H,17-20H2,1-8H3/t21-,22?,27+,28?,29-,30-/m1/s1. The maximum atomic E-state index is 14.6. The number of aliphatic hydroxyl groups is 1. The molecule has 2 fully saturated rings. The summed E-state index contributed by atoms with van der Waals surface area (Å²) in [4.78, 5) is 83.4. The molecule has 2 saturated heterocycles. The van der Waals surface area contributed by atoms with Crippen LogP contribution in [0.5, 0.6) is 5.75 Å². The van der Waals surface area contributed by atoms with Gasteiger partial charge in [-0.15, -0.1) is 24.9 Å². The second-order valence-electron chi connectivity index (χ2n) is 16.7. The van der Waals surface area contributed by atoms with Crippen molar-refractivity contribution >= 4 is 47.4 Å². The molecule has 60 heavy (non-hydrogen) atoms. The number of benzene rings is 2. The molecule has 5 rings (SSSR count). The number of aliphatic hydroxyl groups excluding tert-OH is 1. The molecule has 0 spiro atoms. The number of nitrogens with zero attached hydrogens (tertiary/aromatic N) is 4. The average molecular weight is 865 g/mol. The van der Waals surface area contributed by atoms with Crippen molar-refractivity contribution in [2.45, 2.75) is 116 Å². The number of halogens is 3. The lowest BCUT2D eigenvalue weighted by molar-refractivity contribution is -0.384. The van der Waals surface area contributed by atoms with E-state index in [9.17, 15) is 52.4 Å². The number of ether oxygens (including phenoxy) is 4. The number of thioether (sulfide) groups is 1. The van der Waals surface area contributed by atoms with Gasteiger partial charge in [0.15, 0.2) is 0 Å². The third kappa shape index (κ3) is 10.7.